The summed E-state index contributed by atoms with van der Waals surface area (Å²) in [5, 5.41) is 3.43. The van der Waals surface area contributed by atoms with Crippen LogP contribution in [0.25, 0.3) is 0 Å². The molecule has 0 aliphatic heterocycles. The largest absolute Gasteiger partial charge is 0.452 e. The number of carbonyl (C=O) groups is 2. The van der Waals surface area contributed by atoms with E-state index in [1.165, 1.54) is 24.1 Å². The van der Waals surface area contributed by atoms with Crippen molar-refractivity contribution in [2.75, 3.05) is 5.32 Å². The van der Waals surface area contributed by atoms with E-state index >= 15 is 0 Å². The van der Waals surface area contributed by atoms with Crippen LogP contribution in [0, 0.1) is 0 Å². The SMILES string of the molecule is C[C@H](OC(=O)Cc1ccc2c(c1)CCC2)C(=O)Nc1ccc(Cl)cc1Cl. The monoisotopic (exact) mass is 391 g/mol. The van der Waals surface area contributed by atoms with Crippen LogP contribution in [-0.4, -0.2) is 18.0 Å². The number of esters is 1. The third-order valence-corrected chi connectivity index (χ3v) is 4.93. The van der Waals surface area contributed by atoms with Crippen LogP contribution in [0.1, 0.15) is 30.0 Å². The predicted octanol–water partition coefficient (Wildman–Crippen LogP) is 4.60. The highest BCUT2D eigenvalue weighted by Crippen LogP contribution is 2.26. The van der Waals surface area contributed by atoms with E-state index in [4.69, 9.17) is 27.9 Å². The first-order valence-electron chi connectivity index (χ1n) is 8.48. The smallest absolute Gasteiger partial charge is 0.311 e. The molecule has 2 aromatic rings. The number of benzene rings is 2. The van der Waals surface area contributed by atoms with Crippen molar-refractivity contribution in [2.24, 2.45) is 0 Å². The molecule has 1 amide bonds. The van der Waals surface area contributed by atoms with Crippen LogP contribution in [-0.2, 0) is 33.6 Å². The zero-order chi connectivity index (χ0) is 18.7. The highest BCUT2D eigenvalue weighted by atomic mass is 35.5. The Kier molecular flexibility index (Phi) is 5.84. The minimum Gasteiger partial charge on any atom is -0.452 e. The van der Waals surface area contributed by atoms with Gasteiger partial charge in [0.25, 0.3) is 5.91 Å². The van der Waals surface area contributed by atoms with Gasteiger partial charge >= 0.3 is 5.97 Å². The normalized spacial score (nSPS) is 13.8. The van der Waals surface area contributed by atoms with Gasteiger partial charge in [-0.15, -0.1) is 0 Å². The number of hydrogen-bond donors (Lipinski definition) is 1. The van der Waals surface area contributed by atoms with Gasteiger partial charge in [-0.2, -0.15) is 0 Å². The van der Waals surface area contributed by atoms with Gasteiger partial charge in [0.1, 0.15) is 0 Å². The van der Waals surface area contributed by atoms with Crippen molar-refractivity contribution in [3.05, 3.63) is 63.1 Å². The number of anilines is 1. The van der Waals surface area contributed by atoms with Crippen LogP contribution in [0.15, 0.2) is 36.4 Å². The number of ether oxygens (including phenoxy) is 1. The molecule has 0 aromatic heterocycles. The molecule has 0 saturated carbocycles. The summed E-state index contributed by atoms with van der Waals surface area (Å²) in [4.78, 5) is 24.4. The summed E-state index contributed by atoms with van der Waals surface area (Å²) in [6.07, 6.45) is 2.53. The molecule has 0 bridgehead atoms. The summed E-state index contributed by atoms with van der Waals surface area (Å²) in [7, 11) is 0. The maximum Gasteiger partial charge on any atom is 0.311 e. The first-order chi connectivity index (χ1) is 12.4. The average Bonchev–Trinajstić information content (AvgIpc) is 3.04. The molecule has 0 heterocycles. The van der Waals surface area contributed by atoms with Gasteiger partial charge in [-0.1, -0.05) is 41.4 Å². The molecule has 0 spiro atoms. The third kappa shape index (κ3) is 4.57. The molecule has 136 valence electrons. The fourth-order valence-electron chi connectivity index (χ4n) is 3.02. The highest BCUT2D eigenvalue weighted by Gasteiger charge is 2.20. The number of halogens is 2. The number of nitrogens with one attached hydrogen (secondary N) is 1. The van der Waals surface area contributed by atoms with Crippen molar-refractivity contribution in [3.63, 3.8) is 0 Å². The second-order valence-electron chi connectivity index (χ2n) is 6.38. The second-order valence-corrected chi connectivity index (χ2v) is 7.22. The van der Waals surface area contributed by atoms with Crippen molar-refractivity contribution in [2.45, 2.75) is 38.7 Å². The van der Waals surface area contributed by atoms with Gasteiger partial charge in [-0.3, -0.25) is 9.59 Å². The van der Waals surface area contributed by atoms with E-state index in [1.54, 1.807) is 12.1 Å². The van der Waals surface area contributed by atoms with Crippen LogP contribution in [0.4, 0.5) is 5.69 Å². The second kappa shape index (κ2) is 8.11. The van der Waals surface area contributed by atoms with Gasteiger partial charge in [-0.05, 0) is 61.1 Å². The van der Waals surface area contributed by atoms with Crippen molar-refractivity contribution in [1.29, 1.82) is 0 Å². The molecule has 26 heavy (non-hydrogen) atoms. The maximum absolute atomic E-state index is 12.2. The van der Waals surface area contributed by atoms with Crippen molar-refractivity contribution in [1.82, 2.24) is 0 Å². The fraction of sp³-hybridized carbons (Fsp3) is 0.300. The van der Waals surface area contributed by atoms with Gasteiger partial charge in [0, 0.05) is 5.02 Å². The van der Waals surface area contributed by atoms with Gasteiger partial charge < -0.3 is 10.1 Å². The molecule has 0 unspecified atom stereocenters. The molecule has 6 heteroatoms. The molecule has 4 nitrogen and oxygen atoms in total. The molecule has 0 radical (unpaired) electrons. The Bertz CT molecular complexity index is 851. The summed E-state index contributed by atoms with van der Waals surface area (Å²) in [5.41, 5.74) is 3.99. The Balaban J connectivity index is 1.55. The van der Waals surface area contributed by atoms with Crippen molar-refractivity contribution < 1.29 is 14.3 Å². The van der Waals surface area contributed by atoms with Gasteiger partial charge in [0.2, 0.25) is 0 Å². The van der Waals surface area contributed by atoms with E-state index < -0.39 is 18.0 Å². The molecule has 1 aliphatic carbocycles. The summed E-state index contributed by atoms with van der Waals surface area (Å²) in [6, 6.07) is 10.8. The van der Waals surface area contributed by atoms with E-state index in [0.29, 0.717) is 15.7 Å². The molecular weight excluding hydrogens is 373 g/mol. The lowest BCUT2D eigenvalue weighted by Crippen LogP contribution is -2.30. The summed E-state index contributed by atoms with van der Waals surface area (Å²) in [6.45, 7) is 1.53. The van der Waals surface area contributed by atoms with Gasteiger partial charge in [0.15, 0.2) is 6.10 Å². The average molecular weight is 392 g/mol. The Morgan fingerprint density at radius 1 is 1.12 bits per heavy atom. The quantitative estimate of drug-likeness (QED) is 0.757. The molecule has 2 aromatic carbocycles. The van der Waals surface area contributed by atoms with E-state index in [0.717, 1.165) is 24.8 Å². The zero-order valence-corrected chi connectivity index (χ0v) is 15.9. The van der Waals surface area contributed by atoms with E-state index in [9.17, 15) is 9.59 Å². The molecule has 1 N–H and O–H groups in total. The first kappa shape index (κ1) is 18.7. The number of rotatable bonds is 5. The lowest BCUT2D eigenvalue weighted by atomic mass is 10.0. The Morgan fingerprint density at radius 3 is 2.65 bits per heavy atom. The predicted molar refractivity (Wildman–Crippen MR) is 103 cm³/mol. The summed E-state index contributed by atoms with van der Waals surface area (Å²) >= 11 is 11.9. The Hall–Kier alpha value is -2.04. The number of amides is 1. The van der Waals surface area contributed by atoms with Crippen molar-refractivity contribution >= 4 is 40.8 Å². The standard InChI is InChI=1S/C20H19Cl2NO3/c1-12(20(25)23-18-8-7-16(21)11-17(18)22)26-19(24)10-13-5-6-14-3-2-4-15(14)9-13/h5-9,11-12H,2-4,10H2,1H3,(H,23,25)/t12-/m0/s1. The zero-order valence-electron chi connectivity index (χ0n) is 14.4. The molecular formula is C20H19Cl2NO3. The van der Waals surface area contributed by atoms with Gasteiger partial charge in [-0.25, -0.2) is 0 Å². The van der Waals surface area contributed by atoms with E-state index in [1.807, 2.05) is 6.07 Å². The number of hydrogen-bond acceptors (Lipinski definition) is 3. The van der Waals surface area contributed by atoms with E-state index in [-0.39, 0.29) is 6.42 Å². The number of fused-ring (bicyclic) bond motifs is 1. The molecule has 1 aliphatic rings. The number of carbonyl (C=O) groups excluding carboxylic acids is 2. The summed E-state index contributed by atoms with van der Waals surface area (Å²) in [5.74, 6) is -0.885. The van der Waals surface area contributed by atoms with Crippen LogP contribution in [0.2, 0.25) is 10.0 Å². The number of aryl methyl sites for hydroxylation is 2. The lowest BCUT2D eigenvalue weighted by molar-refractivity contribution is -0.152. The maximum atomic E-state index is 12.2. The molecule has 0 saturated heterocycles. The fourth-order valence-corrected chi connectivity index (χ4v) is 3.48. The minimum absolute atomic E-state index is 0.145. The van der Waals surface area contributed by atoms with Crippen LogP contribution >= 0.6 is 23.2 Å². The minimum atomic E-state index is -0.927. The first-order valence-corrected chi connectivity index (χ1v) is 9.24. The van der Waals surface area contributed by atoms with Gasteiger partial charge in [0.05, 0.1) is 17.1 Å². The Morgan fingerprint density at radius 2 is 1.88 bits per heavy atom. The van der Waals surface area contributed by atoms with Crippen LogP contribution < -0.4 is 5.32 Å². The topological polar surface area (TPSA) is 55.4 Å². The lowest BCUT2D eigenvalue weighted by Gasteiger charge is -2.14. The molecule has 3 rings (SSSR count). The summed E-state index contributed by atoms with van der Waals surface area (Å²) < 4.78 is 5.25. The van der Waals surface area contributed by atoms with Crippen molar-refractivity contribution in [3.8, 4) is 0 Å². The molecule has 0 fully saturated rings. The van der Waals surface area contributed by atoms with Crippen LogP contribution in [0.5, 0.6) is 0 Å². The van der Waals surface area contributed by atoms with Crippen LogP contribution in [0.3, 0.4) is 0 Å². The molecule has 1 atom stereocenters. The third-order valence-electron chi connectivity index (χ3n) is 4.38. The van der Waals surface area contributed by atoms with E-state index in [2.05, 4.69) is 17.4 Å². The Labute approximate surface area is 162 Å². The highest BCUT2D eigenvalue weighted by molar-refractivity contribution is 6.36.